The molecule has 1 N–H and O–H groups in total. The molecule has 20 heavy (non-hydrogen) atoms. The average molecular weight is 281 g/mol. The topological polar surface area (TPSA) is 72.5 Å². The number of ketones is 1. The number of esters is 1. The molecule has 5 heteroatoms. The van der Waals surface area contributed by atoms with Crippen LogP contribution >= 0.6 is 0 Å². The molecule has 112 valence electrons. The first-order chi connectivity index (χ1) is 9.02. The number of carbonyl (C=O) groups excluding carboxylic acids is 3. The van der Waals surface area contributed by atoms with Gasteiger partial charge in [-0.2, -0.15) is 0 Å². The van der Waals surface area contributed by atoms with Gasteiger partial charge in [-0.3, -0.25) is 9.59 Å². The van der Waals surface area contributed by atoms with Gasteiger partial charge in [-0.05, 0) is 46.6 Å². The van der Waals surface area contributed by atoms with Crippen LogP contribution in [-0.4, -0.2) is 28.8 Å². The summed E-state index contributed by atoms with van der Waals surface area (Å²) in [5.41, 5.74) is -0.706. The Balaban J connectivity index is 2.98. The Kier molecular flexibility index (Phi) is 4.42. The van der Waals surface area contributed by atoms with E-state index in [2.05, 4.69) is 5.32 Å². The lowest BCUT2D eigenvalue weighted by molar-refractivity contribution is -0.146. The van der Waals surface area contributed by atoms with Gasteiger partial charge >= 0.3 is 5.97 Å². The number of hydrogen-bond acceptors (Lipinski definition) is 4. The third kappa shape index (κ3) is 3.26. The van der Waals surface area contributed by atoms with Crippen molar-refractivity contribution < 1.29 is 19.1 Å². The second-order valence-electron chi connectivity index (χ2n) is 6.19. The number of cyclic esters (lactones) is 1. The van der Waals surface area contributed by atoms with Crippen LogP contribution in [-0.2, 0) is 19.1 Å². The van der Waals surface area contributed by atoms with Crippen LogP contribution in [0.4, 0.5) is 0 Å². The number of nitrogens with one attached hydrogen (secondary N) is 1. The normalized spacial score (nSPS) is 22.8. The monoisotopic (exact) mass is 281 g/mol. The third-order valence-electron chi connectivity index (χ3n) is 3.73. The first kappa shape index (κ1) is 16.4. The Labute approximate surface area is 119 Å². The van der Waals surface area contributed by atoms with Crippen LogP contribution in [0.3, 0.4) is 0 Å². The molecule has 1 amide bonds. The predicted molar refractivity (Wildman–Crippen MR) is 75.0 cm³/mol. The van der Waals surface area contributed by atoms with Crippen molar-refractivity contribution in [2.24, 2.45) is 0 Å². The number of hydrogen-bond donors (Lipinski definition) is 1. The fraction of sp³-hybridized carbons (Fsp3) is 0.667. The zero-order valence-electron chi connectivity index (χ0n) is 13.0. The zero-order chi connectivity index (χ0) is 15.7. The molecule has 0 saturated carbocycles. The number of ether oxygens (including phenoxy) is 1. The highest BCUT2D eigenvalue weighted by Crippen LogP contribution is 2.35. The van der Waals surface area contributed by atoms with Crippen molar-refractivity contribution in [2.75, 3.05) is 0 Å². The Morgan fingerprint density at radius 1 is 1.35 bits per heavy atom. The second kappa shape index (κ2) is 5.38. The van der Waals surface area contributed by atoms with E-state index in [1.807, 2.05) is 6.92 Å². The van der Waals surface area contributed by atoms with Crippen molar-refractivity contribution in [3.63, 3.8) is 0 Å². The summed E-state index contributed by atoms with van der Waals surface area (Å²) < 4.78 is 5.30. The molecule has 1 aliphatic heterocycles. The molecule has 0 aromatic rings. The van der Waals surface area contributed by atoms with E-state index in [-0.39, 0.29) is 17.8 Å². The summed E-state index contributed by atoms with van der Waals surface area (Å²) in [6.45, 7) is 10.4. The lowest BCUT2D eigenvalue weighted by Gasteiger charge is -2.25. The van der Waals surface area contributed by atoms with Gasteiger partial charge in [0.25, 0.3) is 5.91 Å². The molecule has 5 nitrogen and oxygen atoms in total. The quantitative estimate of drug-likeness (QED) is 0.617. The highest BCUT2D eigenvalue weighted by atomic mass is 16.6. The molecule has 1 unspecified atom stereocenters. The van der Waals surface area contributed by atoms with Crippen molar-refractivity contribution in [1.29, 1.82) is 0 Å². The first-order valence-electron chi connectivity index (χ1n) is 6.79. The maximum Gasteiger partial charge on any atom is 0.344 e. The van der Waals surface area contributed by atoms with E-state index in [1.54, 1.807) is 27.7 Å². The molecule has 0 aromatic carbocycles. The molecule has 1 atom stereocenters. The van der Waals surface area contributed by atoms with Gasteiger partial charge < -0.3 is 10.1 Å². The maximum atomic E-state index is 12.3. The van der Waals surface area contributed by atoms with Crippen molar-refractivity contribution in [3.8, 4) is 0 Å². The second-order valence-corrected chi connectivity index (χ2v) is 6.19. The van der Waals surface area contributed by atoms with Gasteiger partial charge in [-0.1, -0.05) is 6.92 Å². The van der Waals surface area contributed by atoms with Crippen LogP contribution in [0.1, 0.15) is 54.4 Å². The molecule has 0 aromatic heterocycles. The third-order valence-corrected chi connectivity index (χ3v) is 3.73. The summed E-state index contributed by atoms with van der Waals surface area (Å²) in [6.07, 6.45) is 0.823. The molecule has 0 bridgehead atoms. The molecule has 0 fully saturated rings. The number of amides is 1. The molecule has 1 aliphatic rings. The van der Waals surface area contributed by atoms with E-state index < -0.39 is 23.0 Å². The van der Waals surface area contributed by atoms with Gasteiger partial charge in [0.2, 0.25) is 0 Å². The minimum absolute atomic E-state index is 0.0200. The summed E-state index contributed by atoms with van der Waals surface area (Å²) >= 11 is 0. The SMILES string of the molecule is CCC1(C)OC(=O)C(C(=O)NC(C)(C)CC(C)=O)=C1C. The van der Waals surface area contributed by atoms with Crippen molar-refractivity contribution >= 4 is 17.7 Å². The van der Waals surface area contributed by atoms with Crippen molar-refractivity contribution in [2.45, 2.75) is 65.5 Å². The van der Waals surface area contributed by atoms with Crippen molar-refractivity contribution in [3.05, 3.63) is 11.1 Å². The molecule has 0 spiro atoms. The summed E-state index contributed by atoms with van der Waals surface area (Å²) in [5, 5.41) is 2.73. The lowest BCUT2D eigenvalue weighted by Crippen LogP contribution is -2.46. The fourth-order valence-electron chi connectivity index (χ4n) is 2.39. The number of rotatable bonds is 5. The van der Waals surface area contributed by atoms with Crippen LogP contribution in [0.15, 0.2) is 11.1 Å². The Morgan fingerprint density at radius 2 is 1.90 bits per heavy atom. The largest absolute Gasteiger partial charge is 0.451 e. The first-order valence-corrected chi connectivity index (χ1v) is 6.79. The summed E-state index contributed by atoms with van der Waals surface area (Å²) in [6, 6.07) is 0. The standard InChI is InChI=1S/C15H23NO4/c1-7-15(6)10(3)11(13(19)20-15)12(18)16-14(4,5)8-9(2)17/h7-8H2,1-6H3,(H,16,18). The van der Waals surface area contributed by atoms with Crippen LogP contribution in [0.5, 0.6) is 0 Å². The maximum absolute atomic E-state index is 12.3. The fourth-order valence-corrected chi connectivity index (χ4v) is 2.39. The van der Waals surface area contributed by atoms with Gasteiger partial charge in [0.05, 0.1) is 0 Å². The predicted octanol–water partition coefficient (Wildman–Crippen LogP) is 1.90. The molecule has 0 radical (unpaired) electrons. The molecular formula is C15H23NO4. The Bertz CT molecular complexity index is 490. The summed E-state index contributed by atoms with van der Waals surface area (Å²) in [4.78, 5) is 35.4. The Morgan fingerprint density at radius 3 is 2.30 bits per heavy atom. The number of carbonyl (C=O) groups is 3. The van der Waals surface area contributed by atoms with Crippen LogP contribution < -0.4 is 5.32 Å². The van der Waals surface area contributed by atoms with E-state index in [9.17, 15) is 14.4 Å². The van der Waals surface area contributed by atoms with E-state index in [1.165, 1.54) is 6.92 Å². The summed E-state index contributed by atoms with van der Waals surface area (Å²) in [5.74, 6) is -1.09. The molecular weight excluding hydrogens is 258 g/mol. The zero-order valence-corrected chi connectivity index (χ0v) is 13.0. The minimum atomic E-state index is -0.714. The van der Waals surface area contributed by atoms with Crippen molar-refractivity contribution in [1.82, 2.24) is 5.32 Å². The molecule has 1 rings (SSSR count). The lowest BCUT2D eigenvalue weighted by atomic mass is 9.91. The van der Waals surface area contributed by atoms with Gasteiger partial charge in [0.15, 0.2) is 0 Å². The highest BCUT2D eigenvalue weighted by Gasteiger charge is 2.43. The molecule has 1 heterocycles. The number of Topliss-reactive ketones (excluding diaryl/α,β-unsaturated/α-hetero) is 1. The van der Waals surface area contributed by atoms with Gasteiger partial charge in [-0.25, -0.2) is 4.79 Å². The molecule has 0 aliphatic carbocycles. The van der Waals surface area contributed by atoms with Gasteiger partial charge in [0, 0.05) is 12.0 Å². The van der Waals surface area contributed by atoms with Crippen LogP contribution in [0, 0.1) is 0 Å². The van der Waals surface area contributed by atoms with Crippen LogP contribution in [0.25, 0.3) is 0 Å². The van der Waals surface area contributed by atoms with E-state index >= 15 is 0 Å². The van der Waals surface area contributed by atoms with E-state index in [4.69, 9.17) is 4.74 Å². The van der Waals surface area contributed by atoms with E-state index in [0.717, 1.165) is 0 Å². The average Bonchev–Trinajstić information content (AvgIpc) is 2.47. The smallest absolute Gasteiger partial charge is 0.344 e. The Hall–Kier alpha value is -1.65. The minimum Gasteiger partial charge on any atom is -0.451 e. The highest BCUT2D eigenvalue weighted by molar-refractivity contribution is 6.19. The summed E-state index contributed by atoms with van der Waals surface area (Å²) in [7, 11) is 0. The van der Waals surface area contributed by atoms with Gasteiger partial charge in [0.1, 0.15) is 17.0 Å². The van der Waals surface area contributed by atoms with Crippen LogP contribution in [0.2, 0.25) is 0 Å². The molecule has 0 saturated heterocycles. The van der Waals surface area contributed by atoms with E-state index in [0.29, 0.717) is 12.0 Å². The van der Waals surface area contributed by atoms with Gasteiger partial charge in [-0.15, -0.1) is 0 Å².